The van der Waals surface area contributed by atoms with Gasteiger partial charge in [0.15, 0.2) is 0 Å². The summed E-state index contributed by atoms with van der Waals surface area (Å²) in [6.07, 6.45) is 5.02. The Balaban J connectivity index is 2.17. The van der Waals surface area contributed by atoms with Crippen LogP contribution < -0.4 is 5.73 Å². The smallest absolute Gasteiger partial charge is 0.326 e. The van der Waals surface area contributed by atoms with Crippen LogP contribution in [-0.2, 0) is 9.59 Å². The molecule has 0 bridgehead atoms. The summed E-state index contributed by atoms with van der Waals surface area (Å²) in [6.45, 7) is 4.53. The molecule has 114 valence electrons. The number of rotatable bonds is 3. The summed E-state index contributed by atoms with van der Waals surface area (Å²) in [4.78, 5) is 25.9. The van der Waals surface area contributed by atoms with Crippen LogP contribution in [0.5, 0.6) is 0 Å². The molecule has 20 heavy (non-hydrogen) atoms. The topological polar surface area (TPSA) is 83.6 Å². The van der Waals surface area contributed by atoms with Gasteiger partial charge in [-0.15, -0.1) is 0 Å². The number of piperidine rings is 1. The summed E-state index contributed by atoms with van der Waals surface area (Å²) in [7, 11) is 0. The lowest BCUT2D eigenvalue weighted by atomic mass is 9.81. The molecule has 0 radical (unpaired) electrons. The molecule has 1 aliphatic carbocycles. The number of nitrogens with two attached hydrogens (primary N) is 1. The Morgan fingerprint density at radius 2 is 2.10 bits per heavy atom. The zero-order valence-corrected chi connectivity index (χ0v) is 12.5. The minimum absolute atomic E-state index is 0.0514. The van der Waals surface area contributed by atoms with Crippen molar-refractivity contribution in [3.8, 4) is 0 Å². The highest BCUT2D eigenvalue weighted by Crippen LogP contribution is 2.40. The van der Waals surface area contributed by atoms with Crippen molar-refractivity contribution in [1.29, 1.82) is 0 Å². The molecule has 1 saturated carbocycles. The van der Waals surface area contributed by atoms with Crippen LogP contribution in [0, 0.1) is 11.3 Å². The van der Waals surface area contributed by atoms with Crippen LogP contribution >= 0.6 is 0 Å². The van der Waals surface area contributed by atoms with Crippen LogP contribution in [0.1, 0.15) is 52.4 Å². The maximum atomic E-state index is 12.8. The third kappa shape index (κ3) is 2.55. The minimum atomic E-state index is -0.883. The summed E-state index contributed by atoms with van der Waals surface area (Å²) in [6, 6.07) is -0.820. The van der Waals surface area contributed by atoms with Gasteiger partial charge in [0, 0.05) is 12.6 Å². The lowest BCUT2D eigenvalue weighted by Crippen LogP contribution is -2.57. The van der Waals surface area contributed by atoms with E-state index >= 15 is 0 Å². The predicted molar refractivity (Wildman–Crippen MR) is 76.1 cm³/mol. The standard InChI is InChI=1S/C15H26N2O3/c1-3-10-6-8-17(11(9-10)13(18)19)14(20)15(2)7-4-5-12(15)16/h10-12H,3-9,16H2,1-2H3,(H,18,19). The van der Waals surface area contributed by atoms with Crippen molar-refractivity contribution in [3.63, 3.8) is 0 Å². The number of amides is 1. The Hall–Kier alpha value is -1.10. The van der Waals surface area contributed by atoms with Crippen LogP contribution in [0.3, 0.4) is 0 Å². The van der Waals surface area contributed by atoms with Crippen LogP contribution in [0.4, 0.5) is 0 Å². The van der Waals surface area contributed by atoms with E-state index in [1.54, 1.807) is 4.90 Å². The first-order chi connectivity index (χ1) is 9.40. The third-order valence-corrected chi connectivity index (χ3v) is 5.35. The molecule has 0 aromatic rings. The molecule has 1 saturated heterocycles. The fourth-order valence-electron chi connectivity index (χ4n) is 3.67. The van der Waals surface area contributed by atoms with E-state index in [-0.39, 0.29) is 11.9 Å². The van der Waals surface area contributed by atoms with Gasteiger partial charge in [-0.05, 0) is 38.5 Å². The number of carbonyl (C=O) groups is 2. The molecule has 2 aliphatic rings. The molecule has 1 aliphatic heterocycles. The largest absolute Gasteiger partial charge is 0.480 e. The van der Waals surface area contributed by atoms with Gasteiger partial charge >= 0.3 is 5.97 Å². The van der Waals surface area contributed by atoms with Crippen molar-refractivity contribution in [2.24, 2.45) is 17.1 Å². The number of carbonyl (C=O) groups excluding carboxylic acids is 1. The second-order valence-corrected chi connectivity index (χ2v) is 6.57. The van der Waals surface area contributed by atoms with Crippen molar-refractivity contribution in [2.45, 2.75) is 64.5 Å². The van der Waals surface area contributed by atoms with Gasteiger partial charge in [0.2, 0.25) is 5.91 Å². The average Bonchev–Trinajstić information content (AvgIpc) is 2.78. The summed E-state index contributed by atoms with van der Waals surface area (Å²) < 4.78 is 0. The van der Waals surface area contributed by atoms with Gasteiger partial charge in [-0.3, -0.25) is 4.79 Å². The number of carboxylic acid groups (broad SMARTS) is 1. The van der Waals surface area contributed by atoms with E-state index < -0.39 is 17.4 Å². The number of aliphatic carboxylic acids is 1. The Morgan fingerprint density at radius 1 is 1.40 bits per heavy atom. The van der Waals surface area contributed by atoms with E-state index in [0.717, 1.165) is 32.1 Å². The van der Waals surface area contributed by atoms with E-state index in [4.69, 9.17) is 5.73 Å². The first-order valence-electron chi connectivity index (χ1n) is 7.69. The molecule has 0 aromatic carbocycles. The van der Waals surface area contributed by atoms with E-state index in [1.165, 1.54) is 0 Å². The quantitative estimate of drug-likeness (QED) is 0.823. The molecule has 1 heterocycles. The zero-order valence-electron chi connectivity index (χ0n) is 12.5. The number of hydrogen-bond donors (Lipinski definition) is 2. The number of likely N-dealkylation sites (tertiary alicyclic amines) is 1. The SMILES string of the molecule is CCC1CCN(C(=O)C2(C)CCCC2N)C(C(=O)O)C1. The van der Waals surface area contributed by atoms with Crippen molar-refractivity contribution in [2.75, 3.05) is 6.54 Å². The normalized spacial score (nSPS) is 38.0. The van der Waals surface area contributed by atoms with Crippen molar-refractivity contribution in [3.05, 3.63) is 0 Å². The third-order valence-electron chi connectivity index (χ3n) is 5.35. The number of carboxylic acids is 1. The molecular weight excluding hydrogens is 256 g/mol. The van der Waals surface area contributed by atoms with Gasteiger partial charge in [-0.2, -0.15) is 0 Å². The number of nitrogens with zero attached hydrogens (tertiary/aromatic N) is 1. The molecule has 1 amide bonds. The van der Waals surface area contributed by atoms with Crippen LogP contribution in [0.15, 0.2) is 0 Å². The van der Waals surface area contributed by atoms with Gasteiger partial charge in [-0.1, -0.05) is 19.8 Å². The molecule has 5 heteroatoms. The maximum Gasteiger partial charge on any atom is 0.326 e. The number of hydrogen-bond acceptors (Lipinski definition) is 3. The van der Waals surface area contributed by atoms with Gasteiger partial charge in [0.05, 0.1) is 5.41 Å². The molecule has 4 unspecified atom stereocenters. The summed E-state index contributed by atoms with van der Waals surface area (Å²) in [5.74, 6) is -0.527. The van der Waals surface area contributed by atoms with E-state index in [1.807, 2.05) is 6.92 Å². The zero-order chi connectivity index (χ0) is 14.9. The first-order valence-corrected chi connectivity index (χ1v) is 7.69. The lowest BCUT2D eigenvalue weighted by molar-refractivity contribution is -0.158. The Bertz CT molecular complexity index is 399. The predicted octanol–water partition coefficient (Wildman–Crippen LogP) is 1.61. The van der Waals surface area contributed by atoms with E-state index in [0.29, 0.717) is 18.9 Å². The lowest BCUT2D eigenvalue weighted by Gasteiger charge is -2.42. The highest BCUT2D eigenvalue weighted by atomic mass is 16.4. The summed E-state index contributed by atoms with van der Waals surface area (Å²) >= 11 is 0. The molecular formula is C15H26N2O3. The van der Waals surface area contributed by atoms with Crippen LogP contribution in [0.25, 0.3) is 0 Å². The monoisotopic (exact) mass is 282 g/mol. The molecule has 4 atom stereocenters. The van der Waals surface area contributed by atoms with Gasteiger partial charge in [0.25, 0.3) is 0 Å². The van der Waals surface area contributed by atoms with Crippen molar-refractivity contribution >= 4 is 11.9 Å². The summed E-state index contributed by atoms with van der Waals surface area (Å²) in [5, 5.41) is 9.44. The van der Waals surface area contributed by atoms with Crippen molar-refractivity contribution < 1.29 is 14.7 Å². The maximum absolute atomic E-state index is 12.8. The van der Waals surface area contributed by atoms with E-state index in [2.05, 4.69) is 6.92 Å². The second-order valence-electron chi connectivity index (χ2n) is 6.57. The Morgan fingerprint density at radius 3 is 2.60 bits per heavy atom. The molecule has 0 spiro atoms. The molecule has 3 N–H and O–H groups in total. The fourth-order valence-corrected chi connectivity index (χ4v) is 3.67. The van der Waals surface area contributed by atoms with Crippen LogP contribution in [0.2, 0.25) is 0 Å². The molecule has 5 nitrogen and oxygen atoms in total. The first kappa shape index (κ1) is 15.3. The molecule has 0 aromatic heterocycles. The van der Waals surface area contributed by atoms with E-state index in [9.17, 15) is 14.7 Å². The highest BCUT2D eigenvalue weighted by molar-refractivity contribution is 5.88. The summed E-state index contributed by atoms with van der Waals surface area (Å²) in [5.41, 5.74) is 5.52. The van der Waals surface area contributed by atoms with Crippen LogP contribution in [-0.4, -0.2) is 40.5 Å². The van der Waals surface area contributed by atoms with Crippen molar-refractivity contribution in [1.82, 2.24) is 4.90 Å². The van der Waals surface area contributed by atoms with Gasteiger partial charge in [0.1, 0.15) is 6.04 Å². The molecule has 2 rings (SSSR count). The Kier molecular flexibility index (Phi) is 4.37. The Labute approximate surface area is 120 Å². The van der Waals surface area contributed by atoms with Gasteiger partial charge < -0.3 is 15.7 Å². The molecule has 2 fully saturated rings. The van der Waals surface area contributed by atoms with Gasteiger partial charge in [-0.25, -0.2) is 4.79 Å². The second kappa shape index (κ2) is 5.72. The minimum Gasteiger partial charge on any atom is -0.480 e. The average molecular weight is 282 g/mol. The highest BCUT2D eigenvalue weighted by Gasteiger charge is 2.48. The fraction of sp³-hybridized carbons (Fsp3) is 0.867.